The maximum absolute atomic E-state index is 10.1. The quantitative estimate of drug-likeness (QED) is 0.889. The van der Waals surface area contributed by atoms with Crippen LogP contribution in [-0.2, 0) is 6.54 Å². The average Bonchev–Trinajstić information content (AvgIpc) is 2.77. The molecular weight excluding hydrogens is 226 g/mol. The highest BCUT2D eigenvalue weighted by molar-refractivity contribution is 6.30. The normalized spacial score (nSPS) is 12.7. The van der Waals surface area contributed by atoms with Gasteiger partial charge in [0.05, 0.1) is 10.7 Å². The van der Waals surface area contributed by atoms with Gasteiger partial charge in [0.25, 0.3) is 0 Å². The predicted molar refractivity (Wildman–Crippen MR) is 61.2 cm³/mol. The van der Waals surface area contributed by atoms with Crippen LogP contribution in [0.4, 0.5) is 0 Å². The highest BCUT2D eigenvalue weighted by Gasteiger charge is 2.16. The van der Waals surface area contributed by atoms with Crippen molar-refractivity contribution in [3.8, 4) is 0 Å². The van der Waals surface area contributed by atoms with Gasteiger partial charge in [-0.3, -0.25) is 4.98 Å². The van der Waals surface area contributed by atoms with E-state index in [9.17, 15) is 5.11 Å². The summed E-state index contributed by atoms with van der Waals surface area (Å²) in [5.74, 6) is 0.595. The molecule has 1 N–H and O–H groups in total. The van der Waals surface area contributed by atoms with Crippen LogP contribution in [0.25, 0.3) is 0 Å². The van der Waals surface area contributed by atoms with Crippen LogP contribution in [0, 0.1) is 0 Å². The van der Waals surface area contributed by atoms with E-state index in [1.807, 2.05) is 17.7 Å². The lowest BCUT2D eigenvalue weighted by Gasteiger charge is -2.11. The van der Waals surface area contributed by atoms with E-state index in [4.69, 9.17) is 11.6 Å². The Morgan fingerprint density at radius 1 is 1.44 bits per heavy atom. The molecule has 2 rings (SSSR count). The third kappa shape index (κ3) is 2.08. The molecule has 0 amide bonds. The Morgan fingerprint density at radius 3 is 2.88 bits per heavy atom. The van der Waals surface area contributed by atoms with Crippen molar-refractivity contribution >= 4 is 11.6 Å². The molecule has 0 saturated heterocycles. The third-order valence-electron chi connectivity index (χ3n) is 2.36. The van der Waals surface area contributed by atoms with Crippen molar-refractivity contribution in [1.29, 1.82) is 0 Å². The van der Waals surface area contributed by atoms with Crippen LogP contribution in [0.3, 0.4) is 0 Å². The number of aliphatic hydroxyl groups excluding tert-OH is 1. The number of aryl methyl sites for hydroxylation is 1. The average molecular weight is 238 g/mol. The lowest BCUT2D eigenvalue weighted by atomic mass is 10.2. The molecule has 0 bridgehead atoms. The molecule has 2 aromatic rings. The smallest absolute Gasteiger partial charge is 0.153 e. The van der Waals surface area contributed by atoms with Crippen LogP contribution in [0.2, 0.25) is 5.02 Å². The van der Waals surface area contributed by atoms with Crippen LogP contribution in [-0.4, -0.2) is 19.6 Å². The van der Waals surface area contributed by atoms with Gasteiger partial charge < -0.3 is 9.67 Å². The summed E-state index contributed by atoms with van der Waals surface area (Å²) in [6, 6.07) is 3.40. The second kappa shape index (κ2) is 4.63. The van der Waals surface area contributed by atoms with E-state index in [0.717, 1.165) is 6.54 Å². The number of nitrogens with zero attached hydrogens (tertiary/aromatic N) is 3. The van der Waals surface area contributed by atoms with E-state index in [1.54, 1.807) is 18.3 Å². The van der Waals surface area contributed by atoms with Gasteiger partial charge in [0.2, 0.25) is 0 Å². The molecule has 0 aromatic carbocycles. The Morgan fingerprint density at radius 2 is 2.25 bits per heavy atom. The molecule has 1 unspecified atom stereocenters. The summed E-state index contributed by atoms with van der Waals surface area (Å²) in [6.07, 6.45) is 4.19. The second-order valence-corrected chi connectivity index (χ2v) is 3.81. The molecule has 2 heterocycles. The fourth-order valence-electron chi connectivity index (χ4n) is 1.52. The van der Waals surface area contributed by atoms with Crippen LogP contribution < -0.4 is 0 Å². The van der Waals surface area contributed by atoms with E-state index >= 15 is 0 Å². The molecular formula is C11H12ClN3O. The number of hydrogen-bond donors (Lipinski definition) is 1. The minimum atomic E-state index is -0.813. The van der Waals surface area contributed by atoms with Crippen molar-refractivity contribution in [2.45, 2.75) is 19.6 Å². The van der Waals surface area contributed by atoms with Crippen molar-refractivity contribution in [1.82, 2.24) is 14.5 Å². The van der Waals surface area contributed by atoms with E-state index in [0.29, 0.717) is 16.5 Å². The highest BCUT2D eigenvalue weighted by atomic mass is 35.5. The summed E-state index contributed by atoms with van der Waals surface area (Å²) in [5, 5.41) is 10.6. The minimum absolute atomic E-state index is 0.547. The Hall–Kier alpha value is -1.39. The van der Waals surface area contributed by atoms with Gasteiger partial charge in [0.1, 0.15) is 5.82 Å². The molecule has 4 nitrogen and oxygen atoms in total. The van der Waals surface area contributed by atoms with Crippen LogP contribution in [0.15, 0.2) is 30.7 Å². The zero-order chi connectivity index (χ0) is 11.5. The number of imidazole rings is 1. The summed E-state index contributed by atoms with van der Waals surface area (Å²) >= 11 is 5.73. The second-order valence-electron chi connectivity index (χ2n) is 3.38. The van der Waals surface area contributed by atoms with Gasteiger partial charge >= 0.3 is 0 Å². The number of halogens is 1. The topological polar surface area (TPSA) is 50.9 Å². The van der Waals surface area contributed by atoms with Crippen molar-refractivity contribution in [3.05, 3.63) is 47.3 Å². The number of hydrogen-bond acceptors (Lipinski definition) is 3. The van der Waals surface area contributed by atoms with Crippen LogP contribution in [0.5, 0.6) is 0 Å². The first kappa shape index (κ1) is 11.1. The molecule has 0 aliphatic heterocycles. The maximum Gasteiger partial charge on any atom is 0.153 e. The summed E-state index contributed by atoms with van der Waals surface area (Å²) in [5.41, 5.74) is 0.547. The van der Waals surface area contributed by atoms with E-state index in [1.165, 1.54) is 6.20 Å². The largest absolute Gasteiger partial charge is 0.379 e. The SMILES string of the molecule is CCn1ccnc1C(O)c1ccc(Cl)cn1. The molecule has 2 aromatic heterocycles. The first-order valence-electron chi connectivity index (χ1n) is 5.03. The van der Waals surface area contributed by atoms with Crippen molar-refractivity contribution in [3.63, 3.8) is 0 Å². The Labute approximate surface area is 98.5 Å². The first-order chi connectivity index (χ1) is 7.72. The zero-order valence-electron chi connectivity index (χ0n) is 8.84. The van der Waals surface area contributed by atoms with Crippen molar-refractivity contribution < 1.29 is 5.11 Å². The molecule has 16 heavy (non-hydrogen) atoms. The number of aromatic nitrogens is 3. The first-order valence-corrected chi connectivity index (χ1v) is 5.40. The molecule has 0 spiro atoms. The summed E-state index contributed by atoms with van der Waals surface area (Å²) in [7, 11) is 0. The lowest BCUT2D eigenvalue weighted by molar-refractivity contribution is 0.200. The molecule has 1 atom stereocenters. The zero-order valence-corrected chi connectivity index (χ0v) is 9.59. The standard InChI is InChI=1S/C11H12ClN3O/c1-2-15-6-5-13-11(15)10(16)9-4-3-8(12)7-14-9/h3-7,10,16H,2H2,1H3. The predicted octanol–water partition coefficient (Wildman–Crippen LogP) is 2.03. The molecule has 0 aliphatic rings. The molecule has 0 fully saturated rings. The molecule has 5 heteroatoms. The molecule has 0 aliphatic carbocycles. The highest BCUT2D eigenvalue weighted by Crippen LogP contribution is 2.19. The van der Waals surface area contributed by atoms with Gasteiger partial charge in [-0.2, -0.15) is 0 Å². The summed E-state index contributed by atoms with van der Waals surface area (Å²) in [6.45, 7) is 2.76. The lowest BCUT2D eigenvalue weighted by Crippen LogP contribution is -2.10. The van der Waals surface area contributed by atoms with Gasteiger partial charge in [-0.05, 0) is 19.1 Å². The Balaban J connectivity index is 2.31. The van der Waals surface area contributed by atoms with Gasteiger partial charge in [0, 0.05) is 25.1 Å². The minimum Gasteiger partial charge on any atom is -0.379 e. The van der Waals surface area contributed by atoms with E-state index in [2.05, 4.69) is 9.97 Å². The van der Waals surface area contributed by atoms with Gasteiger partial charge in [-0.1, -0.05) is 11.6 Å². The number of rotatable bonds is 3. The van der Waals surface area contributed by atoms with Crippen molar-refractivity contribution in [2.75, 3.05) is 0 Å². The van der Waals surface area contributed by atoms with Gasteiger partial charge in [-0.15, -0.1) is 0 Å². The Bertz CT molecular complexity index is 466. The number of aliphatic hydroxyl groups is 1. The van der Waals surface area contributed by atoms with Crippen LogP contribution >= 0.6 is 11.6 Å². The van der Waals surface area contributed by atoms with Gasteiger partial charge in [0.15, 0.2) is 6.10 Å². The third-order valence-corrected chi connectivity index (χ3v) is 2.59. The number of pyridine rings is 1. The summed E-state index contributed by atoms with van der Waals surface area (Å²) < 4.78 is 1.88. The molecule has 0 saturated carbocycles. The molecule has 0 radical (unpaired) electrons. The van der Waals surface area contributed by atoms with Crippen LogP contribution in [0.1, 0.15) is 24.5 Å². The van der Waals surface area contributed by atoms with Gasteiger partial charge in [-0.25, -0.2) is 4.98 Å². The van der Waals surface area contributed by atoms with E-state index in [-0.39, 0.29) is 0 Å². The van der Waals surface area contributed by atoms with Crippen molar-refractivity contribution in [2.24, 2.45) is 0 Å². The summed E-state index contributed by atoms with van der Waals surface area (Å²) in [4.78, 5) is 8.20. The van der Waals surface area contributed by atoms with E-state index < -0.39 is 6.10 Å². The fraction of sp³-hybridized carbons (Fsp3) is 0.273. The molecule has 84 valence electrons. The maximum atomic E-state index is 10.1. The Kier molecular flexibility index (Phi) is 3.22. The monoisotopic (exact) mass is 237 g/mol. The fourth-order valence-corrected chi connectivity index (χ4v) is 1.63.